The molecule has 1 aliphatic heterocycles. The number of aromatic nitrogens is 1. The maximum absolute atomic E-state index is 13.2. The summed E-state index contributed by atoms with van der Waals surface area (Å²) in [7, 11) is 0. The number of piperazine rings is 1. The molecule has 0 spiro atoms. The summed E-state index contributed by atoms with van der Waals surface area (Å²) in [5, 5.41) is 4.64. The van der Waals surface area contributed by atoms with Crippen LogP contribution in [0, 0.1) is 6.92 Å². The van der Waals surface area contributed by atoms with Crippen LogP contribution in [0.2, 0.25) is 5.02 Å². The first-order valence-corrected chi connectivity index (χ1v) is 9.26. The summed E-state index contributed by atoms with van der Waals surface area (Å²) in [5.41, 5.74) is 1.69. The topological polar surface area (TPSA) is 62.7 Å². The number of hydrogen-bond donors (Lipinski definition) is 0. The molecule has 0 atom stereocenters. The van der Waals surface area contributed by atoms with Gasteiger partial charge in [0.1, 0.15) is 22.8 Å². The van der Waals surface area contributed by atoms with E-state index in [-0.39, 0.29) is 5.91 Å². The molecule has 3 aromatic rings. The third-order valence-electron chi connectivity index (χ3n) is 4.82. The van der Waals surface area contributed by atoms with Crippen molar-refractivity contribution in [2.45, 2.75) is 13.5 Å². The van der Waals surface area contributed by atoms with Crippen LogP contribution in [0.3, 0.4) is 0 Å². The van der Waals surface area contributed by atoms with E-state index >= 15 is 0 Å². The molecule has 0 bridgehead atoms. The number of aryl methyl sites for hydroxylation is 1. The molecule has 7 heteroatoms. The van der Waals surface area contributed by atoms with E-state index in [2.05, 4.69) is 10.1 Å². The van der Waals surface area contributed by atoms with Gasteiger partial charge in [0.15, 0.2) is 0 Å². The van der Waals surface area contributed by atoms with Gasteiger partial charge in [-0.2, -0.15) is 0 Å². The molecule has 0 unspecified atom stereocenters. The highest BCUT2D eigenvalue weighted by Crippen LogP contribution is 2.31. The highest BCUT2D eigenvalue weighted by Gasteiger charge is 2.29. The van der Waals surface area contributed by atoms with Crippen LogP contribution < -0.4 is 0 Å². The Morgan fingerprint density at radius 2 is 1.93 bits per heavy atom. The van der Waals surface area contributed by atoms with E-state index in [9.17, 15) is 4.79 Å². The number of carbonyl (C=O) groups excluding carboxylic acids is 1. The molecule has 1 aliphatic rings. The Hall–Kier alpha value is -2.57. The van der Waals surface area contributed by atoms with Crippen LogP contribution in [0.4, 0.5) is 0 Å². The first-order chi connectivity index (χ1) is 13.1. The summed E-state index contributed by atoms with van der Waals surface area (Å²) in [6, 6.07) is 11.2. The fourth-order valence-corrected chi connectivity index (χ4v) is 3.58. The third-order valence-corrected chi connectivity index (χ3v) is 5.15. The summed E-state index contributed by atoms with van der Waals surface area (Å²) in [5.74, 6) is 1.37. The molecule has 3 heterocycles. The molecule has 0 saturated carbocycles. The van der Waals surface area contributed by atoms with Crippen molar-refractivity contribution >= 4 is 17.5 Å². The summed E-state index contributed by atoms with van der Waals surface area (Å²) < 4.78 is 10.7. The lowest BCUT2D eigenvalue weighted by atomic mass is 10.0. The number of furan rings is 1. The van der Waals surface area contributed by atoms with Crippen molar-refractivity contribution in [2.24, 2.45) is 0 Å². The van der Waals surface area contributed by atoms with E-state index in [1.54, 1.807) is 19.3 Å². The maximum Gasteiger partial charge on any atom is 0.259 e. The second-order valence-electron chi connectivity index (χ2n) is 6.59. The van der Waals surface area contributed by atoms with Crippen LogP contribution in [-0.4, -0.2) is 47.0 Å². The quantitative estimate of drug-likeness (QED) is 0.682. The van der Waals surface area contributed by atoms with Gasteiger partial charge in [0.2, 0.25) is 0 Å². The van der Waals surface area contributed by atoms with Crippen LogP contribution in [-0.2, 0) is 6.54 Å². The second-order valence-corrected chi connectivity index (χ2v) is 7.00. The van der Waals surface area contributed by atoms with Gasteiger partial charge in [-0.15, -0.1) is 0 Å². The standard InChI is InChI=1S/C20H20ClN3O3/c1-14-18(19(22-27-14)16-6-2-3-7-17(16)21)20(25)24-10-8-23(9-11-24)13-15-5-4-12-26-15/h2-7,12H,8-11,13H2,1H3. The number of benzene rings is 1. The van der Waals surface area contributed by atoms with Gasteiger partial charge in [0.05, 0.1) is 17.8 Å². The van der Waals surface area contributed by atoms with E-state index in [4.69, 9.17) is 20.5 Å². The smallest absolute Gasteiger partial charge is 0.259 e. The van der Waals surface area contributed by atoms with Crippen LogP contribution in [0.5, 0.6) is 0 Å². The van der Waals surface area contributed by atoms with Crippen LogP contribution in [0.1, 0.15) is 21.9 Å². The number of hydrogen-bond acceptors (Lipinski definition) is 5. The van der Waals surface area contributed by atoms with Crippen LogP contribution in [0.15, 0.2) is 51.6 Å². The van der Waals surface area contributed by atoms with E-state index in [1.807, 2.05) is 35.2 Å². The average molecular weight is 386 g/mol. The van der Waals surface area contributed by atoms with Crippen molar-refractivity contribution < 1.29 is 13.7 Å². The van der Waals surface area contributed by atoms with Crippen LogP contribution in [0.25, 0.3) is 11.3 Å². The predicted molar refractivity (Wildman–Crippen MR) is 102 cm³/mol. The monoisotopic (exact) mass is 385 g/mol. The number of nitrogens with zero attached hydrogens (tertiary/aromatic N) is 3. The molecule has 0 radical (unpaired) electrons. The summed E-state index contributed by atoms with van der Waals surface area (Å²) >= 11 is 6.30. The minimum absolute atomic E-state index is 0.0682. The fraction of sp³-hybridized carbons (Fsp3) is 0.300. The predicted octanol–water partition coefficient (Wildman–Crippen LogP) is 3.85. The Morgan fingerprint density at radius 1 is 1.15 bits per heavy atom. The zero-order chi connectivity index (χ0) is 18.8. The molecule has 1 aromatic carbocycles. The number of carbonyl (C=O) groups is 1. The first kappa shape index (κ1) is 17.8. The van der Waals surface area contributed by atoms with Gasteiger partial charge in [-0.05, 0) is 25.1 Å². The van der Waals surface area contributed by atoms with Gasteiger partial charge in [-0.1, -0.05) is 35.0 Å². The molecule has 4 rings (SSSR count). The van der Waals surface area contributed by atoms with Crippen molar-refractivity contribution in [3.8, 4) is 11.3 Å². The Labute approximate surface area is 162 Å². The zero-order valence-electron chi connectivity index (χ0n) is 15.0. The van der Waals surface area contributed by atoms with Gasteiger partial charge in [-0.3, -0.25) is 9.69 Å². The molecule has 1 fully saturated rings. The average Bonchev–Trinajstić information content (AvgIpc) is 3.32. The second kappa shape index (κ2) is 7.58. The maximum atomic E-state index is 13.2. The first-order valence-electron chi connectivity index (χ1n) is 8.88. The molecule has 0 aliphatic carbocycles. The fourth-order valence-electron chi connectivity index (χ4n) is 3.35. The van der Waals surface area contributed by atoms with Gasteiger partial charge >= 0.3 is 0 Å². The van der Waals surface area contributed by atoms with Crippen molar-refractivity contribution in [3.05, 3.63) is 64.8 Å². The third kappa shape index (κ3) is 3.63. The molecule has 0 N–H and O–H groups in total. The number of amides is 1. The van der Waals surface area contributed by atoms with Crippen molar-refractivity contribution in [3.63, 3.8) is 0 Å². The van der Waals surface area contributed by atoms with Gasteiger partial charge in [0.25, 0.3) is 5.91 Å². The SMILES string of the molecule is Cc1onc(-c2ccccc2Cl)c1C(=O)N1CCN(Cc2ccco2)CC1. The summed E-state index contributed by atoms with van der Waals surface area (Å²) in [6.45, 7) is 5.38. The molecular formula is C20H20ClN3O3. The lowest BCUT2D eigenvalue weighted by Gasteiger charge is -2.34. The number of halogens is 1. The highest BCUT2D eigenvalue weighted by molar-refractivity contribution is 6.33. The van der Waals surface area contributed by atoms with Gasteiger partial charge in [0, 0.05) is 31.7 Å². The molecular weight excluding hydrogens is 366 g/mol. The minimum Gasteiger partial charge on any atom is -0.468 e. The Bertz CT molecular complexity index is 928. The number of rotatable bonds is 4. The van der Waals surface area contributed by atoms with Gasteiger partial charge in [-0.25, -0.2) is 0 Å². The highest BCUT2D eigenvalue weighted by atomic mass is 35.5. The lowest BCUT2D eigenvalue weighted by molar-refractivity contribution is 0.0619. The van der Waals surface area contributed by atoms with E-state index < -0.39 is 0 Å². The molecule has 2 aromatic heterocycles. The van der Waals surface area contributed by atoms with E-state index in [0.717, 1.165) is 25.4 Å². The van der Waals surface area contributed by atoms with E-state index in [1.165, 1.54) is 0 Å². The Balaban J connectivity index is 1.50. The Morgan fingerprint density at radius 3 is 2.63 bits per heavy atom. The Kier molecular flexibility index (Phi) is 5.01. The molecule has 1 amide bonds. The van der Waals surface area contributed by atoms with Crippen molar-refractivity contribution in [1.29, 1.82) is 0 Å². The molecule has 1 saturated heterocycles. The largest absolute Gasteiger partial charge is 0.468 e. The van der Waals surface area contributed by atoms with E-state index in [0.29, 0.717) is 40.7 Å². The van der Waals surface area contributed by atoms with Crippen molar-refractivity contribution in [2.75, 3.05) is 26.2 Å². The van der Waals surface area contributed by atoms with Crippen molar-refractivity contribution in [1.82, 2.24) is 15.0 Å². The molecule has 27 heavy (non-hydrogen) atoms. The normalized spacial score (nSPS) is 15.3. The summed E-state index contributed by atoms with van der Waals surface area (Å²) in [6.07, 6.45) is 1.68. The van der Waals surface area contributed by atoms with Crippen LogP contribution >= 0.6 is 11.6 Å². The lowest BCUT2D eigenvalue weighted by Crippen LogP contribution is -2.48. The van der Waals surface area contributed by atoms with Gasteiger partial charge < -0.3 is 13.8 Å². The minimum atomic E-state index is -0.0682. The zero-order valence-corrected chi connectivity index (χ0v) is 15.8. The molecule has 140 valence electrons. The molecule has 6 nitrogen and oxygen atoms in total. The summed E-state index contributed by atoms with van der Waals surface area (Å²) in [4.78, 5) is 17.3.